The minimum absolute atomic E-state index is 0.103. The zero-order chi connectivity index (χ0) is 22.1. The SMILES string of the molecule is Cc1cc(NC(=O)CN2CCC(c3nc4ccccc4o3)CC2)n(-c2ccc(F)cc2)n1. The molecule has 8 heteroatoms. The first-order chi connectivity index (χ1) is 15.5. The number of piperidine rings is 1. The van der Waals surface area contributed by atoms with Gasteiger partial charge >= 0.3 is 0 Å². The lowest BCUT2D eigenvalue weighted by molar-refractivity contribution is -0.117. The fraction of sp³-hybridized carbons (Fsp3) is 0.292. The lowest BCUT2D eigenvalue weighted by Gasteiger charge is -2.29. The van der Waals surface area contributed by atoms with E-state index < -0.39 is 0 Å². The van der Waals surface area contributed by atoms with Crippen molar-refractivity contribution >= 4 is 22.8 Å². The van der Waals surface area contributed by atoms with Crippen molar-refractivity contribution in [3.63, 3.8) is 0 Å². The molecule has 0 unspecified atom stereocenters. The Balaban J connectivity index is 1.19. The summed E-state index contributed by atoms with van der Waals surface area (Å²) >= 11 is 0. The maximum atomic E-state index is 13.3. The van der Waals surface area contributed by atoms with Crippen molar-refractivity contribution in [3.8, 4) is 5.69 Å². The number of aromatic nitrogens is 3. The van der Waals surface area contributed by atoms with Crippen LogP contribution in [0.4, 0.5) is 10.2 Å². The van der Waals surface area contributed by atoms with Crippen molar-refractivity contribution in [1.29, 1.82) is 0 Å². The Kier molecular flexibility index (Phi) is 5.45. The molecule has 5 rings (SSSR count). The molecule has 1 amide bonds. The van der Waals surface area contributed by atoms with Crippen molar-refractivity contribution in [2.45, 2.75) is 25.7 Å². The smallest absolute Gasteiger partial charge is 0.239 e. The molecule has 0 atom stereocenters. The predicted molar refractivity (Wildman–Crippen MR) is 119 cm³/mol. The number of carbonyl (C=O) groups is 1. The van der Waals surface area contributed by atoms with Crippen LogP contribution < -0.4 is 5.32 Å². The maximum absolute atomic E-state index is 13.3. The molecule has 0 saturated carbocycles. The Morgan fingerprint density at radius 1 is 1.16 bits per heavy atom. The summed E-state index contributed by atoms with van der Waals surface area (Å²) < 4.78 is 20.8. The number of para-hydroxylation sites is 2. The molecule has 1 fully saturated rings. The number of anilines is 1. The zero-order valence-electron chi connectivity index (χ0n) is 17.8. The third-order valence-corrected chi connectivity index (χ3v) is 5.78. The van der Waals surface area contributed by atoms with Crippen LogP contribution >= 0.6 is 0 Å². The fourth-order valence-electron chi connectivity index (χ4n) is 4.16. The Labute approximate surface area is 184 Å². The van der Waals surface area contributed by atoms with E-state index in [0.29, 0.717) is 18.1 Å². The topological polar surface area (TPSA) is 76.2 Å². The number of rotatable bonds is 5. The standard InChI is InChI=1S/C24H24FN5O2/c1-16-14-22(30(28-16)19-8-6-18(25)7-9-19)27-23(31)15-29-12-10-17(11-13-29)24-26-20-4-2-3-5-21(20)32-24/h2-9,14,17H,10-13,15H2,1H3,(H,27,31). The van der Waals surface area contributed by atoms with E-state index in [2.05, 4.69) is 20.3 Å². The first-order valence-corrected chi connectivity index (χ1v) is 10.8. The average molecular weight is 433 g/mol. The summed E-state index contributed by atoms with van der Waals surface area (Å²) in [5.41, 5.74) is 3.16. The van der Waals surface area contributed by atoms with E-state index in [1.54, 1.807) is 22.9 Å². The molecule has 0 bridgehead atoms. The van der Waals surface area contributed by atoms with Crippen LogP contribution in [0.5, 0.6) is 0 Å². The number of amides is 1. The molecule has 32 heavy (non-hydrogen) atoms. The highest BCUT2D eigenvalue weighted by Crippen LogP contribution is 2.29. The summed E-state index contributed by atoms with van der Waals surface area (Å²) in [5, 5.41) is 7.37. The molecule has 2 aromatic heterocycles. The number of aryl methyl sites for hydroxylation is 1. The van der Waals surface area contributed by atoms with Crippen LogP contribution in [0.1, 0.15) is 30.3 Å². The fourth-order valence-corrected chi connectivity index (χ4v) is 4.16. The number of carbonyl (C=O) groups excluding carboxylic acids is 1. The van der Waals surface area contributed by atoms with E-state index in [1.165, 1.54) is 12.1 Å². The molecule has 3 heterocycles. The van der Waals surface area contributed by atoms with Crippen molar-refractivity contribution in [2.75, 3.05) is 25.0 Å². The lowest BCUT2D eigenvalue weighted by Crippen LogP contribution is -2.39. The summed E-state index contributed by atoms with van der Waals surface area (Å²) in [6.07, 6.45) is 1.79. The van der Waals surface area contributed by atoms with Gasteiger partial charge in [-0.2, -0.15) is 5.10 Å². The molecule has 4 aromatic rings. The number of likely N-dealkylation sites (tertiary alicyclic amines) is 1. The number of nitrogens with one attached hydrogen (secondary N) is 1. The summed E-state index contributed by atoms with van der Waals surface area (Å²) in [5.74, 6) is 1.21. The molecule has 164 valence electrons. The quantitative estimate of drug-likeness (QED) is 0.508. The second-order valence-electron chi connectivity index (χ2n) is 8.18. The lowest BCUT2D eigenvalue weighted by atomic mass is 9.97. The molecule has 0 radical (unpaired) electrons. The van der Waals surface area contributed by atoms with Gasteiger partial charge in [-0.05, 0) is 69.3 Å². The monoisotopic (exact) mass is 433 g/mol. The first kappa shape index (κ1) is 20.4. The van der Waals surface area contributed by atoms with Gasteiger partial charge in [-0.3, -0.25) is 9.69 Å². The van der Waals surface area contributed by atoms with Gasteiger partial charge in [0.25, 0.3) is 0 Å². The second-order valence-corrected chi connectivity index (χ2v) is 8.18. The molecule has 7 nitrogen and oxygen atoms in total. The van der Waals surface area contributed by atoms with Crippen LogP contribution in [0, 0.1) is 12.7 Å². The molecular formula is C24H24FN5O2. The van der Waals surface area contributed by atoms with Crippen LogP contribution in [0.2, 0.25) is 0 Å². The molecular weight excluding hydrogens is 409 g/mol. The van der Waals surface area contributed by atoms with Crippen molar-refractivity contribution in [1.82, 2.24) is 19.7 Å². The summed E-state index contributed by atoms with van der Waals surface area (Å²) in [6, 6.07) is 15.6. The number of benzene rings is 2. The number of oxazole rings is 1. The zero-order valence-corrected chi connectivity index (χ0v) is 17.8. The Hall–Kier alpha value is -3.52. The van der Waals surface area contributed by atoms with Gasteiger partial charge in [-0.25, -0.2) is 14.1 Å². The third-order valence-electron chi connectivity index (χ3n) is 5.78. The maximum Gasteiger partial charge on any atom is 0.239 e. The molecule has 1 aliphatic rings. The van der Waals surface area contributed by atoms with Gasteiger partial charge in [0, 0.05) is 12.0 Å². The number of fused-ring (bicyclic) bond motifs is 1. The first-order valence-electron chi connectivity index (χ1n) is 10.8. The molecule has 0 spiro atoms. The van der Waals surface area contributed by atoms with Gasteiger partial charge in [-0.15, -0.1) is 0 Å². The molecule has 1 saturated heterocycles. The highest BCUT2D eigenvalue weighted by molar-refractivity contribution is 5.91. The normalized spacial score (nSPS) is 15.3. The van der Waals surface area contributed by atoms with Crippen LogP contribution in [0.15, 0.2) is 59.0 Å². The highest BCUT2D eigenvalue weighted by atomic mass is 19.1. The molecule has 1 aliphatic heterocycles. The Morgan fingerprint density at radius 2 is 1.91 bits per heavy atom. The molecule has 2 aromatic carbocycles. The van der Waals surface area contributed by atoms with Crippen LogP contribution in [-0.4, -0.2) is 45.2 Å². The van der Waals surface area contributed by atoms with Gasteiger partial charge in [0.1, 0.15) is 17.2 Å². The second kappa shape index (κ2) is 8.55. The number of nitrogens with zero attached hydrogens (tertiary/aromatic N) is 4. The predicted octanol–water partition coefficient (Wildman–Crippen LogP) is 4.28. The summed E-state index contributed by atoms with van der Waals surface area (Å²) in [4.78, 5) is 19.5. The average Bonchev–Trinajstić information content (AvgIpc) is 3.38. The minimum atomic E-state index is -0.315. The largest absolute Gasteiger partial charge is 0.440 e. The van der Waals surface area contributed by atoms with E-state index in [-0.39, 0.29) is 17.6 Å². The van der Waals surface area contributed by atoms with Gasteiger partial charge in [0.2, 0.25) is 5.91 Å². The minimum Gasteiger partial charge on any atom is -0.440 e. The van der Waals surface area contributed by atoms with Crippen LogP contribution in [-0.2, 0) is 4.79 Å². The van der Waals surface area contributed by atoms with Crippen molar-refractivity contribution in [2.24, 2.45) is 0 Å². The molecule has 1 N–H and O–H groups in total. The van der Waals surface area contributed by atoms with Gasteiger partial charge in [0.05, 0.1) is 17.9 Å². The number of hydrogen-bond donors (Lipinski definition) is 1. The van der Waals surface area contributed by atoms with E-state index in [1.807, 2.05) is 31.2 Å². The van der Waals surface area contributed by atoms with Crippen LogP contribution in [0.25, 0.3) is 16.8 Å². The van der Waals surface area contributed by atoms with Crippen LogP contribution in [0.3, 0.4) is 0 Å². The van der Waals surface area contributed by atoms with E-state index >= 15 is 0 Å². The van der Waals surface area contributed by atoms with Crippen molar-refractivity contribution in [3.05, 3.63) is 72.0 Å². The van der Waals surface area contributed by atoms with Gasteiger partial charge in [-0.1, -0.05) is 12.1 Å². The summed E-state index contributed by atoms with van der Waals surface area (Å²) in [6.45, 7) is 3.75. The van der Waals surface area contributed by atoms with Gasteiger partial charge in [0.15, 0.2) is 11.5 Å². The number of halogens is 1. The van der Waals surface area contributed by atoms with E-state index in [4.69, 9.17) is 4.42 Å². The third kappa shape index (κ3) is 4.27. The van der Waals surface area contributed by atoms with E-state index in [9.17, 15) is 9.18 Å². The number of hydrogen-bond acceptors (Lipinski definition) is 5. The summed E-state index contributed by atoms with van der Waals surface area (Å²) in [7, 11) is 0. The Bertz CT molecular complexity index is 1210. The molecule has 0 aliphatic carbocycles. The van der Waals surface area contributed by atoms with Crippen molar-refractivity contribution < 1.29 is 13.6 Å². The highest BCUT2D eigenvalue weighted by Gasteiger charge is 2.26. The van der Waals surface area contributed by atoms with E-state index in [0.717, 1.165) is 48.6 Å². The Morgan fingerprint density at radius 3 is 2.66 bits per heavy atom. The van der Waals surface area contributed by atoms with Gasteiger partial charge < -0.3 is 9.73 Å².